The van der Waals surface area contributed by atoms with Gasteiger partial charge in [0.1, 0.15) is 0 Å². The first-order valence-electron chi connectivity index (χ1n) is 9.76. The summed E-state index contributed by atoms with van der Waals surface area (Å²) in [5.41, 5.74) is 22.5. The van der Waals surface area contributed by atoms with Crippen LogP contribution in [-0.2, 0) is 25.7 Å². The van der Waals surface area contributed by atoms with Gasteiger partial charge in [-0.15, -0.1) is 0 Å². The van der Waals surface area contributed by atoms with Crippen molar-refractivity contribution in [1.29, 1.82) is 0 Å². The van der Waals surface area contributed by atoms with E-state index in [1.807, 2.05) is 0 Å². The minimum atomic E-state index is 0.495. The third kappa shape index (κ3) is 4.18. The molecule has 0 fully saturated rings. The van der Waals surface area contributed by atoms with Gasteiger partial charge in [0.25, 0.3) is 0 Å². The zero-order chi connectivity index (χ0) is 18.6. The number of nitrogen functional groups attached to an aromatic ring is 2. The van der Waals surface area contributed by atoms with Gasteiger partial charge in [-0.1, -0.05) is 58.9 Å². The lowest BCUT2D eigenvalue weighted by Crippen LogP contribution is -2.06. The molecular formula is C23H34N2. The van der Waals surface area contributed by atoms with E-state index in [-0.39, 0.29) is 0 Å². The summed E-state index contributed by atoms with van der Waals surface area (Å²) in [4.78, 5) is 0. The molecule has 0 amide bonds. The molecule has 25 heavy (non-hydrogen) atoms. The summed E-state index contributed by atoms with van der Waals surface area (Å²) in [6.07, 6.45) is 4.99. The van der Waals surface area contributed by atoms with E-state index in [9.17, 15) is 0 Å². The number of nitrogens with two attached hydrogens (primary N) is 2. The molecule has 136 valence electrons. The van der Waals surface area contributed by atoms with Crippen LogP contribution in [0.15, 0.2) is 24.3 Å². The second kappa shape index (κ2) is 8.42. The first kappa shape index (κ1) is 19.4. The van der Waals surface area contributed by atoms with Crippen LogP contribution >= 0.6 is 0 Å². The lowest BCUT2D eigenvalue weighted by atomic mass is 9.89. The van der Waals surface area contributed by atoms with E-state index in [1.54, 1.807) is 0 Å². The van der Waals surface area contributed by atoms with Gasteiger partial charge in [0.05, 0.1) is 0 Å². The van der Waals surface area contributed by atoms with Gasteiger partial charge in [0.15, 0.2) is 0 Å². The molecule has 0 aromatic heterocycles. The second-order valence-electron chi connectivity index (χ2n) is 7.13. The molecule has 1 unspecified atom stereocenters. The van der Waals surface area contributed by atoms with Crippen molar-refractivity contribution in [1.82, 2.24) is 0 Å². The summed E-state index contributed by atoms with van der Waals surface area (Å²) in [6.45, 7) is 11.0. The maximum absolute atomic E-state index is 6.43. The Morgan fingerprint density at radius 3 is 1.60 bits per heavy atom. The van der Waals surface area contributed by atoms with Crippen LogP contribution in [0.1, 0.15) is 80.3 Å². The van der Waals surface area contributed by atoms with Crippen LogP contribution < -0.4 is 11.5 Å². The van der Waals surface area contributed by atoms with Gasteiger partial charge in [-0.25, -0.2) is 0 Å². The smallest absolute Gasteiger partial charge is 0.0381 e. The summed E-state index contributed by atoms with van der Waals surface area (Å²) in [5.74, 6) is 0.495. The number of anilines is 2. The number of hydrogen-bond donors (Lipinski definition) is 2. The Labute approximate surface area is 153 Å². The Balaban J connectivity index is 2.46. The highest BCUT2D eigenvalue weighted by Gasteiger charge is 2.13. The van der Waals surface area contributed by atoms with E-state index in [2.05, 4.69) is 58.9 Å². The molecule has 0 saturated carbocycles. The maximum atomic E-state index is 6.43. The quantitative estimate of drug-likeness (QED) is 0.642. The molecule has 2 rings (SSSR count). The predicted octanol–water partition coefficient (Wildman–Crippen LogP) is 5.64. The first-order valence-corrected chi connectivity index (χ1v) is 9.76. The molecule has 0 bridgehead atoms. The SMILES string of the molecule is CCc1cc(Cc2cc(CC)c(N)c(C(C)CC)c2)cc(CC)c1N. The highest BCUT2D eigenvalue weighted by atomic mass is 14.6. The van der Waals surface area contributed by atoms with E-state index >= 15 is 0 Å². The Morgan fingerprint density at radius 1 is 0.720 bits per heavy atom. The monoisotopic (exact) mass is 338 g/mol. The van der Waals surface area contributed by atoms with Crippen LogP contribution in [0.5, 0.6) is 0 Å². The predicted molar refractivity (Wildman–Crippen MR) is 111 cm³/mol. The maximum Gasteiger partial charge on any atom is 0.0381 e. The molecule has 2 aromatic carbocycles. The van der Waals surface area contributed by atoms with Crippen molar-refractivity contribution in [3.8, 4) is 0 Å². The molecule has 2 heteroatoms. The third-order valence-corrected chi connectivity index (χ3v) is 5.46. The van der Waals surface area contributed by atoms with Crippen LogP contribution in [0.4, 0.5) is 11.4 Å². The summed E-state index contributed by atoms with van der Waals surface area (Å²) < 4.78 is 0. The Morgan fingerprint density at radius 2 is 1.16 bits per heavy atom. The average molecular weight is 339 g/mol. The van der Waals surface area contributed by atoms with E-state index in [4.69, 9.17) is 11.5 Å². The number of benzene rings is 2. The molecular weight excluding hydrogens is 304 g/mol. The second-order valence-corrected chi connectivity index (χ2v) is 7.13. The highest BCUT2D eigenvalue weighted by molar-refractivity contribution is 5.59. The van der Waals surface area contributed by atoms with Crippen LogP contribution in [0.2, 0.25) is 0 Å². The summed E-state index contributed by atoms with van der Waals surface area (Å²) in [6, 6.07) is 9.16. The van der Waals surface area contributed by atoms with E-state index < -0.39 is 0 Å². The lowest BCUT2D eigenvalue weighted by Gasteiger charge is -2.18. The topological polar surface area (TPSA) is 52.0 Å². The van der Waals surface area contributed by atoms with E-state index in [0.717, 1.165) is 43.5 Å². The molecule has 0 aliphatic rings. The summed E-state index contributed by atoms with van der Waals surface area (Å²) in [5, 5.41) is 0. The molecule has 2 aromatic rings. The van der Waals surface area contributed by atoms with E-state index in [0.29, 0.717) is 5.92 Å². The van der Waals surface area contributed by atoms with E-state index in [1.165, 1.54) is 33.4 Å². The fourth-order valence-electron chi connectivity index (χ4n) is 3.60. The van der Waals surface area contributed by atoms with Crippen LogP contribution in [-0.4, -0.2) is 0 Å². The van der Waals surface area contributed by atoms with Crippen molar-refractivity contribution in [3.05, 3.63) is 57.6 Å². The highest BCUT2D eigenvalue weighted by Crippen LogP contribution is 2.31. The van der Waals surface area contributed by atoms with Gasteiger partial charge in [-0.2, -0.15) is 0 Å². The summed E-state index contributed by atoms with van der Waals surface area (Å²) >= 11 is 0. The van der Waals surface area contributed by atoms with Crippen LogP contribution in [0, 0.1) is 0 Å². The largest absolute Gasteiger partial charge is 0.398 e. The van der Waals surface area contributed by atoms with Crippen molar-refractivity contribution in [2.24, 2.45) is 0 Å². The Bertz CT molecular complexity index is 706. The fourth-order valence-corrected chi connectivity index (χ4v) is 3.60. The summed E-state index contributed by atoms with van der Waals surface area (Å²) in [7, 11) is 0. The zero-order valence-electron chi connectivity index (χ0n) is 16.6. The molecule has 1 atom stereocenters. The first-order chi connectivity index (χ1) is 11.9. The Kier molecular flexibility index (Phi) is 6.52. The van der Waals surface area contributed by atoms with Gasteiger partial charge >= 0.3 is 0 Å². The van der Waals surface area contributed by atoms with Gasteiger partial charge in [-0.05, 0) is 71.4 Å². The number of aryl methyl sites for hydroxylation is 3. The standard InChI is InChI=1S/C23H34N2/c1-6-15(5)21-14-17(13-20(9-4)23(21)25)10-16-11-18(7-2)22(24)19(8-3)12-16/h11-15H,6-10,24-25H2,1-5H3. The van der Waals surface area contributed by atoms with Gasteiger partial charge in [0.2, 0.25) is 0 Å². The van der Waals surface area contributed by atoms with Gasteiger partial charge < -0.3 is 11.5 Å². The molecule has 0 radical (unpaired) electrons. The lowest BCUT2D eigenvalue weighted by molar-refractivity contribution is 0.733. The minimum Gasteiger partial charge on any atom is -0.398 e. The van der Waals surface area contributed by atoms with Crippen molar-refractivity contribution in [2.45, 2.75) is 72.6 Å². The molecule has 0 spiro atoms. The zero-order valence-corrected chi connectivity index (χ0v) is 16.6. The normalized spacial score (nSPS) is 12.4. The van der Waals surface area contributed by atoms with Gasteiger partial charge in [0, 0.05) is 11.4 Å². The van der Waals surface area contributed by atoms with Crippen molar-refractivity contribution >= 4 is 11.4 Å². The minimum absolute atomic E-state index is 0.495. The molecule has 0 heterocycles. The molecule has 0 aliphatic heterocycles. The average Bonchev–Trinajstić information content (AvgIpc) is 2.63. The van der Waals surface area contributed by atoms with Crippen LogP contribution in [0.25, 0.3) is 0 Å². The van der Waals surface area contributed by atoms with Crippen molar-refractivity contribution in [3.63, 3.8) is 0 Å². The van der Waals surface area contributed by atoms with Crippen molar-refractivity contribution < 1.29 is 0 Å². The van der Waals surface area contributed by atoms with Gasteiger partial charge in [-0.3, -0.25) is 0 Å². The molecule has 0 saturated heterocycles. The number of rotatable bonds is 7. The molecule has 2 nitrogen and oxygen atoms in total. The Hall–Kier alpha value is -1.96. The van der Waals surface area contributed by atoms with Crippen LogP contribution in [0.3, 0.4) is 0 Å². The number of hydrogen-bond acceptors (Lipinski definition) is 2. The van der Waals surface area contributed by atoms with Crippen molar-refractivity contribution in [2.75, 3.05) is 11.5 Å². The fraction of sp³-hybridized carbons (Fsp3) is 0.478. The molecule has 4 N–H and O–H groups in total. The third-order valence-electron chi connectivity index (χ3n) is 5.46. The molecule has 0 aliphatic carbocycles.